The van der Waals surface area contributed by atoms with Crippen LogP contribution in [-0.2, 0) is 11.3 Å². The van der Waals surface area contributed by atoms with Crippen LogP contribution in [-0.4, -0.2) is 19.2 Å². The minimum atomic E-state index is -0.549. The molecule has 1 atom stereocenters. The van der Waals surface area contributed by atoms with Crippen molar-refractivity contribution in [1.29, 1.82) is 0 Å². The van der Waals surface area contributed by atoms with E-state index in [1.54, 1.807) is 13.0 Å². The fourth-order valence-corrected chi connectivity index (χ4v) is 3.09. The van der Waals surface area contributed by atoms with Crippen LogP contribution in [0.1, 0.15) is 24.1 Å². The fourth-order valence-electron chi connectivity index (χ4n) is 2.54. The molecule has 1 aliphatic rings. The third kappa shape index (κ3) is 4.38. The average Bonchev–Trinajstić information content (AvgIpc) is 3.08. The number of rotatable bonds is 6. The zero-order valence-electron chi connectivity index (χ0n) is 13.9. The fraction of sp³-hybridized carbons (Fsp3) is 0.278. The number of hydrogen-bond donors (Lipinski definition) is 2. The standard InChI is InChI=1S/C18H17Cl2FN2O3/c1-10(12-5-15(21)14(20)6-13(12)19)22-8-18(24)23-7-11-2-3-16-17(4-11)26-9-25-16/h2-6,10,22H,7-9H2,1H3,(H,23,24)/t10-/m0/s1. The lowest BCUT2D eigenvalue weighted by Crippen LogP contribution is -2.34. The molecule has 5 nitrogen and oxygen atoms in total. The van der Waals surface area contributed by atoms with Gasteiger partial charge in [-0.15, -0.1) is 0 Å². The van der Waals surface area contributed by atoms with Gasteiger partial charge in [0.05, 0.1) is 11.6 Å². The maximum atomic E-state index is 13.6. The molecule has 0 saturated heterocycles. The van der Waals surface area contributed by atoms with E-state index in [2.05, 4.69) is 10.6 Å². The van der Waals surface area contributed by atoms with E-state index in [0.29, 0.717) is 28.6 Å². The number of benzene rings is 2. The Morgan fingerprint density at radius 2 is 1.96 bits per heavy atom. The number of fused-ring (bicyclic) bond motifs is 1. The lowest BCUT2D eigenvalue weighted by Gasteiger charge is -2.16. The monoisotopic (exact) mass is 398 g/mol. The average molecular weight is 399 g/mol. The van der Waals surface area contributed by atoms with Crippen molar-refractivity contribution in [1.82, 2.24) is 10.6 Å². The van der Waals surface area contributed by atoms with Crippen molar-refractivity contribution in [2.75, 3.05) is 13.3 Å². The van der Waals surface area contributed by atoms with Crippen molar-refractivity contribution < 1.29 is 18.7 Å². The molecule has 26 heavy (non-hydrogen) atoms. The number of ether oxygens (including phenoxy) is 2. The summed E-state index contributed by atoms with van der Waals surface area (Å²) < 4.78 is 24.2. The Bertz CT molecular complexity index is 832. The summed E-state index contributed by atoms with van der Waals surface area (Å²) in [7, 11) is 0. The van der Waals surface area contributed by atoms with Crippen LogP contribution in [0.25, 0.3) is 0 Å². The van der Waals surface area contributed by atoms with Gasteiger partial charge in [0.1, 0.15) is 5.82 Å². The molecule has 0 unspecified atom stereocenters. The van der Waals surface area contributed by atoms with Gasteiger partial charge < -0.3 is 20.1 Å². The molecule has 8 heteroatoms. The lowest BCUT2D eigenvalue weighted by molar-refractivity contribution is -0.120. The molecule has 2 N–H and O–H groups in total. The molecule has 3 rings (SSSR count). The van der Waals surface area contributed by atoms with E-state index in [1.807, 2.05) is 12.1 Å². The van der Waals surface area contributed by atoms with Crippen LogP contribution in [0.15, 0.2) is 30.3 Å². The third-order valence-corrected chi connectivity index (χ3v) is 4.62. The minimum Gasteiger partial charge on any atom is -0.454 e. The Morgan fingerprint density at radius 1 is 1.19 bits per heavy atom. The predicted molar refractivity (Wildman–Crippen MR) is 97.2 cm³/mol. The Labute approximate surface area is 160 Å². The van der Waals surface area contributed by atoms with Crippen molar-refractivity contribution >= 4 is 29.1 Å². The molecular formula is C18H17Cl2FN2O3. The quantitative estimate of drug-likeness (QED) is 0.725. The summed E-state index contributed by atoms with van der Waals surface area (Å²) in [5, 5.41) is 6.13. The molecule has 0 saturated carbocycles. The van der Waals surface area contributed by atoms with Crippen LogP contribution in [0, 0.1) is 5.82 Å². The first kappa shape index (κ1) is 18.8. The van der Waals surface area contributed by atoms with Gasteiger partial charge in [0.2, 0.25) is 12.7 Å². The summed E-state index contributed by atoms with van der Waals surface area (Å²) in [6.07, 6.45) is 0. The van der Waals surface area contributed by atoms with Crippen LogP contribution < -0.4 is 20.1 Å². The number of halogens is 3. The number of amides is 1. The maximum absolute atomic E-state index is 13.6. The summed E-state index contributed by atoms with van der Waals surface area (Å²) >= 11 is 11.8. The molecule has 0 aliphatic carbocycles. The maximum Gasteiger partial charge on any atom is 0.234 e. The van der Waals surface area contributed by atoms with Crippen LogP contribution in [0.2, 0.25) is 10.0 Å². The zero-order chi connectivity index (χ0) is 18.7. The smallest absolute Gasteiger partial charge is 0.234 e. The van der Waals surface area contributed by atoms with E-state index in [-0.39, 0.29) is 30.3 Å². The van der Waals surface area contributed by atoms with Crippen LogP contribution in [0.4, 0.5) is 4.39 Å². The molecule has 0 aromatic heterocycles. The summed E-state index contributed by atoms with van der Waals surface area (Å²) in [6, 6.07) is 7.81. The van der Waals surface area contributed by atoms with Gasteiger partial charge in [0, 0.05) is 17.6 Å². The topological polar surface area (TPSA) is 59.6 Å². The highest BCUT2D eigenvalue weighted by Crippen LogP contribution is 2.32. The lowest BCUT2D eigenvalue weighted by atomic mass is 10.1. The van der Waals surface area contributed by atoms with Crippen LogP contribution >= 0.6 is 23.2 Å². The first-order valence-electron chi connectivity index (χ1n) is 7.97. The predicted octanol–water partition coefficient (Wildman–Crippen LogP) is 3.83. The number of hydrogen-bond acceptors (Lipinski definition) is 4. The van der Waals surface area contributed by atoms with Crippen LogP contribution in [0.5, 0.6) is 11.5 Å². The van der Waals surface area contributed by atoms with Gasteiger partial charge in [0.15, 0.2) is 11.5 Å². The first-order valence-corrected chi connectivity index (χ1v) is 8.72. The zero-order valence-corrected chi connectivity index (χ0v) is 15.5. The summed E-state index contributed by atoms with van der Waals surface area (Å²) in [6.45, 7) is 2.43. The van der Waals surface area contributed by atoms with Crippen molar-refractivity contribution in [3.8, 4) is 11.5 Å². The largest absolute Gasteiger partial charge is 0.454 e. The second kappa shape index (κ2) is 8.12. The summed E-state index contributed by atoms with van der Waals surface area (Å²) in [4.78, 5) is 12.0. The molecule has 138 valence electrons. The molecule has 0 radical (unpaired) electrons. The highest BCUT2D eigenvalue weighted by atomic mass is 35.5. The second-order valence-electron chi connectivity index (χ2n) is 5.85. The Balaban J connectivity index is 1.50. The molecule has 2 aromatic carbocycles. The number of nitrogens with one attached hydrogen (secondary N) is 2. The highest BCUT2D eigenvalue weighted by Gasteiger charge is 2.15. The van der Waals surface area contributed by atoms with Crippen LogP contribution in [0.3, 0.4) is 0 Å². The second-order valence-corrected chi connectivity index (χ2v) is 6.67. The van der Waals surface area contributed by atoms with E-state index < -0.39 is 5.82 Å². The molecule has 2 aromatic rings. The van der Waals surface area contributed by atoms with E-state index in [0.717, 1.165) is 5.56 Å². The first-order chi connectivity index (χ1) is 12.4. The van der Waals surface area contributed by atoms with E-state index in [4.69, 9.17) is 32.7 Å². The molecule has 1 amide bonds. The van der Waals surface area contributed by atoms with Crippen molar-refractivity contribution in [3.05, 3.63) is 57.3 Å². The third-order valence-electron chi connectivity index (χ3n) is 4.00. The summed E-state index contributed by atoms with van der Waals surface area (Å²) in [5.74, 6) is 0.623. The molecule has 0 bridgehead atoms. The normalized spacial score (nSPS) is 13.5. The SMILES string of the molecule is C[C@H](NCC(=O)NCc1ccc2c(c1)OCO2)c1cc(F)c(Cl)cc1Cl. The van der Waals surface area contributed by atoms with Crippen molar-refractivity contribution in [3.63, 3.8) is 0 Å². The number of carbonyl (C=O) groups excluding carboxylic acids is 1. The van der Waals surface area contributed by atoms with Gasteiger partial charge >= 0.3 is 0 Å². The van der Waals surface area contributed by atoms with Crippen molar-refractivity contribution in [2.45, 2.75) is 19.5 Å². The van der Waals surface area contributed by atoms with Gasteiger partial charge in [-0.25, -0.2) is 4.39 Å². The van der Waals surface area contributed by atoms with Gasteiger partial charge in [-0.3, -0.25) is 4.79 Å². The Hall–Kier alpha value is -2.02. The van der Waals surface area contributed by atoms with Crippen molar-refractivity contribution in [2.24, 2.45) is 0 Å². The summed E-state index contributed by atoms with van der Waals surface area (Å²) in [5.41, 5.74) is 1.44. The minimum absolute atomic E-state index is 0.0348. The Morgan fingerprint density at radius 3 is 2.77 bits per heavy atom. The molecule has 0 fully saturated rings. The van der Waals surface area contributed by atoms with Gasteiger partial charge in [-0.05, 0) is 42.3 Å². The number of carbonyl (C=O) groups is 1. The Kier molecular flexibility index (Phi) is 5.86. The highest BCUT2D eigenvalue weighted by molar-refractivity contribution is 6.35. The van der Waals surface area contributed by atoms with E-state index >= 15 is 0 Å². The van der Waals surface area contributed by atoms with Gasteiger partial charge in [-0.2, -0.15) is 0 Å². The van der Waals surface area contributed by atoms with E-state index in [1.165, 1.54) is 12.1 Å². The van der Waals surface area contributed by atoms with E-state index in [9.17, 15) is 9.18 Å². The molecule has 1 aliphatic heterocycles. The van der Waals surface area contributed by atoms with Gasteiger partial charge in [0.25, 0.3) is 0 Å². The molecule has 0 spiro atoms. The molecule has 1 heterocycles. The molecular weight excluding hydrogens is 382 g/mol. The van der Waals surface area contributed by atoms with Gasteiger partial charge in [-0.1, -0.05) is 29.3 Å².